The summed E-state index contributed by atoms with van der Waals surface area (Å²) in [5.41, 5.74) is 3.96. The van der Waals surface area contributed by atoms with Gasteiger partial charge in [-0.1, -0.05) is 23.4 Å². The highest BCUT2D eigenvalue weighted by Crippen LogP contribution is 2.37. The maximum atomic E-state index is 10.1. The Morgan fingerprint density at radius 1 is 1.35 bits per heavy atom. The van der Waals surface area contributed by atoms with Crippen LogP contribution in [0.1, 0.15) is 36.1 Å². The summed E-state index contributed by atoms with van der Waals surface area (Å²) in [7, 11) is 0. The summed E-state index contributed by atoms with van der Waals surface area (Å²) in [6, 6.07) is 13.1. The molecule has 0 unspecified atom stereocenters. The number of rotatable bonds is 4. The van der Waals surface area contributed by atoms with Crippen LogP contribution in [-0.2, 0) is 6.42 Å². The molecule has 0 amide bonds. The quantitative estimate of drug-likeness (QED) is 0.774. The fourth-order valence-electron chi connectivity index (χ4n) is 3.32. The molecule has 0 saturated carbocycles. The van der Waals surface area contributed by atoms with Crippen LogP contribution in [-0.4, -0.2) is 21.9 Å². The van der Waals surface area contributed by atoms with Gasteiger partial charge in [0.05, 0.1) is 18.3 Å². The molecule has 3 aromatic rings. The minimum Gasteiger partial charge on any atom is -0.492 e. The molecule has 1 atom stereocenters. The van der Waals surface area contributed by atoms with E-state index < -0.39 is 6.10 Å². The third kappa shape index (κ3) is 2.72. The van der Waals surface area contributed by atoms with E-state index in [0.717, 1.165) is 23.1 Å². The van der Waals surface area contributed by atoms with Crippen LogP contribution < -0.4 is 4.74 Å². The van der Waals surface area contributed by atoms with Gasteiger partial charge in [-0.2, -0.15) is 10.2 Å². The number of nitrogens with zero attached hydrogens (tertiary/aromatic N) is 3. The summed E-state index contributed by atoms with van der Waals surface area (Å²) in [5, 5.41) is 23.5. The van der Waals surface area contributed by atoms with Gasteiger partial charge in [0.15, 0.2) is 0 Å². The first-order chi connectivity index (χ1) is 12.7. The average molecular weight is 347 g/mol. The van der Waals surface area contributed by atoms with Crippen LogP contribution in [0.5, 0.6) is 5.75 Å². The fourth-order valence-corrected chi connectivity index (χ4v) is 3.32. The Balaban J connectivity index is 1.71. The zero-order valence-corrected chi connectivity index (χ0v) is 14.3. The lowest BCUT2D eigenvalue weighted by Crippen LogP contribution is -1.94. The summed E-state index contributed by atoms with van der Waals surface area (Å²) in [4.78, 5) is 4.49. The monoisotopic (exact) mass is 347 g/mol. The normalized spacial score (nSPS) is 15.5. The van der Waals surface area contributed by atoms with Crippen LogP contribution in [0.4, 0.5) is 0 Å². The second kappa shape index (κ2) is 6.62. The number of aliphatic hydroxyl groups excluding tert-OH is 1. The number of aliphatic hydroxyl groups is 1. The Morgan fingerprint density at radius 2 is 2.23 bits per heavy atom. The van der Waals surface area contributed by atoms with Gasteiger partial charge in [0.1, 0.15) is 11.8 Å². The average Bonchev–Trinajstić information content (AvgIpc) is 3.30. The van der Waals surface area contributed by atoms with Crippen molar-refractivity contribution in [1.29, 1.82) is 5.26 Å². The van der Waals surface area contributed by atoms with Crippen molar-refractivity contribution < 1.29 is 14.4 Å². The first-order valence-corrected chi connectivity index (χ1v) is 8.52. The van der Waals surface area contributed by atoms with Crippen molar-refractivity contribution in [2.75, 3.05) is 6.61 Å². The molecule has 0 bridgehead atoms. The molecular formula is C20H17N3O3. The van der Waals surface area contributed by atoms with Crippen LogP contribution >= 0.6 is 0 Å². The van der Waals surface area contributed by atoms with E-state index in [9.17, 15) is 10.4 Å². The molecular weight excluding hydrogens is 330 g/mol. The molecule has 0 fully saturated rings. The molecule has 0 radical (unpaired) electrons. The molecule has 1 aliphatic rings. The Kier molecular flexibility index (Phi) is 4.15. The highest BCUT2D eigenvalue weighted by molar-refractivity contribution is 5.67. The molecule has 0 saturated heterocycles. The Hall–Kier alpha value is -3.17. The molecule has 6 heteroatoms. The highest BCUT2D eigenvalue weighted by atomic mass is 16.5. The standard InChI is InChI=1S/C20H17N3O3/c1-2-25-18-9-6-12(10-13(18)11-21)20-22-19(23-26-20)16-5-3-4-15-14(16)7-8-17(15)24/h3-6,9-10,17,24H,2,7-8H2,1H3/t17-/m1/s1. The Bertz CT molecular complexity index is 1000. The predicted octanol–water partition coefficient (Wildman–Crippen LogP) is 3.65. The maximum Gasteiger partial charge on any atom is 0.258 e. The summed E-state index contributed by atoms with van der Waals surface area (Å²) >= 11 is 0. The van der Waals surface area contributed by atoms with Gasteiger partial charge in [-0.3, -0.25) is 0 Å². The third-order valence-electron chi connectivity index (χ3n) is 4.55. The number of aromatic nitrogens is 2. The molecule has 1 heterocycles. The summed E-state index contributed by atoms with van der Waals surface area (Å²) in [5.74, 6) is 1.36. The van der Waals surface area contributed by atoms with E-state index in [-0.39, 0.29) is 0 Å². The molecule has 1 aromatic heterocycles. The Labute approximate surface area is 150 Å². The topological polar surface area (TPSA) is 92.2 Å². The van der Waals surface area contributed by atoms with Gasteiger partial charge >= 0.3 is 0 Å². The molecule has 2 aromatic carbocycles. The van der Waals surface area contributed by atoms with Crippen molar-refractivity contribution in [3.63, 3.8) is 0 Å². The van der Waals surface area contributed by atoms with Crippen molar-refractivity contribution in [3.05, 3.63) is 53.1 Å². The Morgan fingerprint density at radius 3 is 3.04 bits per heavy atom. The lowest BCUT2D eigenvalue weighted by molar-refractivity contribution is 0.180. The number of benzene rings is 2. The van der Waals surface area contributed by atoms with E-state index >= 15 is 0 Å². The van der Waals surface area contributed by atoms with Gasteiger partial charge < -0.3 is 14.4 Å². The number of fused-ring (bicyclic) bond motifs is 1. The second-order valence-electron chi connectivity index (χ2n) is 6.11. The molecule has 1 aliphatic carbocycles. The van der Waals surface area contributed by atoms with E-state index in [1.807, 2.05) is 25.1 Å². The van der Waals surface area contributed by atoms with Crippen molar-refractivity contribution in [2.24, 2.45) is 0 Å². The molecule has 0 spiro atoms. The minimum atomic E-state index is -0.430. The fraction of sp³-hybridized carbons (Fsp3) is 0.250. The SMILES string of the molecule is CCOc1ccc(-c2nc(-c3cccc4c3CC[C@H]4O)no2)cc1C#N. The van der Waals surface area contributed by atoms with Crippen LogP contribution in [0.3, 0.4) is 0 Å². The number of hydrogen-bond donors (Lipinski definition) is 1. The van der Waals surface area contributed by atoms with Crippen LogP contribution in [0, 0.1) is 11.3 Å². The van der Waals surface area contributed by atoms with Crippen molar-refractivity contribution in [1.82, 2.24) is 10.1 Å². The van der Waals surface area contributed by atoms with E-state index in [0.29, 0.717) is 41.6 Å². The molecule has 26 heavy (non-hydrogen) atoms. The van der Waals surface area contributed by atoms with Crippen molar-refractivity contribution in [3.8, 4) is 34.7 Å². The smallest absolute Gasteiger partial charge is 0.258 e. The first-order valence-electron chi connectivity index (χ1n) is 8.52. The summed E-state index contributed by atoms with van der Waals surface area (Å²) in [6.45, 7) is 2.36. The number of hydrogen-bond acceptors (Lipinski definition) is 6. The summed E-state index contributed by atoms with van der Waals surface area (Å²) in [6.07, 6.45) is 1.07. The van der Waals surface area contributed by atoms with Crippen LogP contribution in [0.2, 0.25) is 0 Å². The van der Waals surface area contributed by atoms with Gasteiger partial charge in [0.25, 0.3) is 5.89 Å². The van der Waals surface area contributed by atoms with Crippen LogP contribution in [0.25, 0.3) is 22.8 Å². The molecule has 4 rings (SSSR count). The molecule has 0 aliphatic heterocycles. The zero-order chi connectivity index (χ0) is 18.1. The van der Waals surface area contributed by atoms with Crippen molar-refractivity contribution >= 4 is 0 Å². The lowest BCUT2D eigenvalue weighted by atomic mass is 10.0. The minimum absolute atomic E-state index is 0.343. The molecule has 130 valence electrons. The van der Waals surface area contributed by atoms with Gasteiger partial charge in [0.2, 0.25) is 5.82 Å². The highest BCUT2D eigenvalue weighted by Gasteiger charge is 2.25. The summed E-state index contributed by atoms with van der Waals surface area (Å²) < 4.78 is 10.9. The van der Waals surface area contributed by atoms with Gasteiger partial charge in [0, 0.05) is 11.1 Å². The van der Waals surface area contributed by atoms with E-state index in [4.69, 9.17) is 9.26 Å². The molecule has 6 nitrogen and oxygen atoms in total. The van der Waals surface area contributed by atoms with Crippen LogP contribution in [0.15, 0.2) is 40.9 Å². The zero-order valence-electron chi connectivity index (χ0n) is 14.3. The second-order valence-corrected chi connectivity index (χ2v) is 6.11. The van der Waals surface area contributed by atoms with Gasteiger partial charge in [-0.05, 0) is 49.1 Å². The first kappa shape index (κ1) is 16.3. The van der Waals surface area contributed by atoms with E-state index in [1.165, 1.54) is 0 Å². The number of ether oxygens (including phenoxy) is 1. The van der Waals surface area contributed by atoms with E-state index in [2.05, 4.69) is 16.2 Å². The largest absolute Gasteiger partial charge is 0.492 e. The van der Waals surface area contributed by atoms with Crippen molar-refractivity contribution in [2.45, 2.75) is 25.9 Å². The number of nitriles is 1. The van der Waals surface area contributed by atoms with Gasteiger partial charge in [-0.25, -0.2) is 0 Å². The lowest BCUT2D eigenvalue weighted by Gasteiger charge is -2.06. The van der Waals surface area contributed by atoms with Gasteiger partial charge in [-0.15, -0.1) is 0 Å². The van der Waals surface area contributed by atoms with E-state index in [1.54, 1.807) is 18.2 Å². The third-order valence-corrected chi connectivity index (χ3v) is 4.55. The maximum absolute atomic E-state index is 10.1. The predicted molar refractivity (Wildman–Crippen MR) is 94.3 cm³/mol. The molecule has 1 N–H and O–H groups in total.